The number of morpholine rings is 1. The van der Waals surface area contributed by atoms with Crippen LogP contribution in [0.1, 0.15) is 19.3 Å². The van der Waals surface area contributed by atoms with E-state index < -0.39 is 0 Å². The van der Waals surface area contributed by atoms with E-state index in [9.17, 15) is 4.79 Å². The molecule has 1 atom stereocenters. The van der Waals surface area contributed by atoms with Gasteiger partial charge in [-0.15, -0.1) is 0 Å². The Balaban J connectivity index is 1.37. The molecular formula is C14H25N3O2. The van der Waals surface area contributed by atoms with Crippen molar-refractivity contribution in [3.8, 4) is 0 Å². The summed E-state index contributed by atoms with van der Waals surface area (Å²) in [6.07, 6.45) is 3.29. The minimum Gasteiger partial charge on any atom is -0.378 e. The standard InChI is InChI=1S/C14H25N3O2/c18-14(17-7-9-19-10-8-17)1-4-15-13-11-16-5-2-12(13)3-6-16/h12-13,15H,1-11H2. The highest BCUT2D eigenvalue weighted by atomic mass is 16.5. The zero-order chi connectivity index (χ0) is 13.1. The fourth-order valence-electron chi connectivity index (χ4n) is 3.53. The summed E-state index contributed by atoms with van der Waals surface area (Å²) in [5.74, 6) is 1.11. The minimum atomic E-state index is 0.275. The monoisotopic (exact) mass is 267 g/mol. The Morgan fingerprint density at radius 1 is 1.16 bits per heavy atom. The van der Waals surface area contributed by atoms with Gasteiger partial charge in [0.05, 0.1) is 13.2 Å². The summed E-state index contributed by atoms with van der Waals surface area (Å²) in [7, 11) is 0. The molecule has 0 aromatic carbocycles. The van der Waals surface area contributed by atoms with Gasteiger partial charge in [-0.2, -0.15) is 0 Å². The van der Waals surface area contributed by atoms with Crippen LogP contribution < -0.4 is 5.32 Å². The number of piperidine rings is 3. The molecule has 0 aliphatic carbocycles. The third kappa shape index (κ3) is 3.27. The summed E-state index contributed by atoms with van der Waals surface area (Å²) >= 11 is 0. The predicted molar refractivity (Wildman–Crippen MR) is 73.0 cm³/mol. The number of nitrogens with one attached hydrogen (secondary N) is 1. The number of fused-ring (bicyclic) bond motifs is 3. The second-order valence-electron chi connectivity index (χ2n) is 5.94. The van der Waals surface area contributed by atoms with Gasteiger partial charge in [0, 0.05) is 38.6 Å². The average Bonchev–Trinajstić information content (AvgIpc) is 2.49. The van der Waals surface area contributed by atoms with Gasteiger partial charge in [0.1, 0.15) is 0 Å². The summed E-state index contributed by atoms with van der Waals surface area (Å²) in [6, 6.07) is 0.611. The van der Waals surface area contributed by atoms with Crippen LogP contribution in [0.4, 0.5) is 0 Å². The fourth-order valence-corrected chi connectivity index (χ4v) is 3.53. The lowest BCUT2D eigenvalue weighted by molar-refractivity contribution is -0.135. The molecule has 4 saturated heterocycles. The second kappa shape index (κ2) is 6.20. The van der Waals surface area contributed by atoms with Gasteiger partial charge >= 0.3 is 0 Å². The number of ether oxygens (including phenoxy) is 1. The lowest BCUT2D eigenvalue weighted by atomic mass is 9.84. The molecule has 1 amide bonds. The van der Waals surface area contributed by atoms with E-state index in [0.717, 1.165) is 25.6 Å². The van der Waals surface area contributed by atoms with E-state index >= 15 is 0 Å². The van der Waals surface area contributed by atoms with Crippen LogP contribution in [0.5, 0.6) is 0 Å². The first-order valence-corrected chi connectivity index (χ1v) is 7.64. The molecule has 0 saturated carbocycles. The number of rotatable bonds is 4. The van der Waals surface area contributed by atoms with E-state index in [-0.39, 0.29) is 5.91 Å². The second-order valence-corrected chi connectivity index (χ2v) is 5.94. The molecule has 0 radical (unpaired) electrons. The Morgan fingerprint density at radius 3 is 2.53 bits per heavy atom. The molecular weight excluding hydrogens is 242 g/mol. The Morgan fingerprint density at radius 2 is 1.89 bits per heavy atom. The minimum absolute atomic E-state index is 0.275. The summed E-state index contributed by atoms with van der Waals surface area (Å²) in [5.41, 5.74) is 0. The first-order chi connectivity index (χ1) is 9.33. The van der Waals surface area contributed by atoms with Gasteiger partial charge in [0.15, 0.2) is 0 Å². The van der Waals surface area contributed by atoms with Crippen LogP contribution in [0, 0.1) is 5.92 Å². The molecule has 4 rings (SSSR count). The van der Waals surface area contributed by atoms with Crippen LogP contribution in [0.3, 0.4) is 0 Å². The zero-order valence-corrected chi connectivity index (χ0v) is 11.6. The van der Waals surface area contributed by atoms with Crippen molar-refractivity contribution in [2.24, 2.45) is 5.92 Å². The number of hydrogen-bond acceptors (Lipinski definition) is 4. The first-order valence-electron chi connectivity index (χ1n) is 7.64. The number of carbonyl (C=O) groups is 1. The maximum absolute atomic E-state index is 12.0. The summed E-state index contributed by atoms with van der Waals surface area (Å²) in [6.45, 7) is 7.46. The van der Waals surface area contributed by atoms with Crippen molar-refractivity contribution >= 4 is 5.91 Å². The molecule has 0 aromatic rings. The Bertz CT molecular complexity index is 310. The van der Waals surface area contributed by atoms with E-state index in [1.54, 1.807) is 0 Å². The van der Waals surface area contributed by atoms with E-state index in [1.807, 2.05) is 4.90 Å². The molecule has 1 N–H and O–H groups in total. The molecule has 2 bridgehead atoms. The Kier molecular flexibility index (Phi) is 4.35. The van der Waals surface area contributed by atoms with Crippen molar-refractivity contribution in [3.63, 3.8) is 0 Å². The van der Waals surface area contributed by atoms with Gasteiger partial charge in [-0.1, -0.05) is 0 Å². The van der Waals surface area contributed by atoms with Crippen molar-refractivity contribution in [2.75, 3.05) is 52.5 Å². The van der Waals surface area contributed by atoms with Gasteiger partial charge in [-0.25, -0.2) is 0 Å². The number of carbonyl (C=O) groups excluding carboxylic acids is 1. The first kappa shape index (κ1) is 13.3. The SMILES string of the molecule is O=C(CCNC1CN2CCC1CC2)N1CCOCC1. The highest BCUT2D eigenvalue weighted by molar-refractivity contribution is 5.76. The number of amides is 1. The van der Waals surface area contributed by atoms with Gasteiger partial charge in [-0.3, -0.25) is 4.79 Å². The van der Waals surface area contributed by atoms with E-state index in [1.165, 1.54) is 32.5 Å². The molecule has 4 heterocycles. The van der Waals surface area contributed by atoms with Crippen molar-refractivity contribution in [1.29, 1.82) is 0 Å². The quantitative estimate of drug-likeness (QED) is 0.774. The van der Waals surface area contributed by atoms with Gasteiger partial charge in [0.25, 0.3) is 0 Å². The third-order valence-corrected chi connectivity index (χ3v) is 4.77. The highest BCUT2D eigenvalue weighted by Crippen LogP contribution is 2.27. The maximum atomic E-state index is 12.0. The van der Waals surface area contributed by atoms with Crippen molar-refractivity contribution < 1.29 is 9.53 Å². The zero-order valence-electron chi connectivity index (χ0n) is 11.6. The molecule has 108 valence electrons. The van der Waals surface area contributed by atoms with Crippen LogP contribution in [-0.2, 0) is 9.53 Å². The molecule has 4 aliphatic rings. The molecule has 5 nitrogen and oxygen atoms in total. The van der Waals surface area contributed by atoms with Crippen LogP contribution in [0.25, 0.3) is 0 Å². The van der Waals surface area contributed by atoms with Crippen molar-refractivity contribution in [1.82, 2.24) is 15.1 Å². The summed E-state index contributed by atoms with van der Waals surface area (Å²) in [5, 5.41) is 3.60. The Labute approximate surface area is 115 Å². The van der Waals surface area contributed by atoms with Gasteiger partial charge < -0.3 is 19.9 Å². The number of hydrogen-bond donors (Lipinski definition) is 1. The van der Waals surface area contributed by atoms with Crippen LogP contribution in [-0.4, -0.2) is 74.2 Å². The van der Waals surface area contributed by atoms with Gasteiger partial charge in [-0.05, 0) is 31.8 Å². The average molecular weight is 267 g/mol. The fraction of sp³-hybridized carbons (Fsp3) is 0.929. The van der Waals surface area contributed by atoms with E-state index in [2.05, 4.69) is 10.2 Å². The Hall–Kier alpha value is -0.650. The largest absolute Gasteiger partial charge is 0.378 e. The summed E-state index contributed by atoms with van der Waals surface area (Å²) in [4.78, 5) is 16.5. The molecule has 4 fully saturated rings. The summed E-state index contributed by atoms with van der Waals surface area (Å²) < 4.78 is 5.27. The molecule has 5 heteroatoms. The third-order valence-electron chi connectivity index (χ3n) is 4.77. The molecule has 19 heavy (non-hydrogen) atoms. The maximum Gasteiger partial charge on any atom is 0.224 e. The van der Waals surface area contributed by atoms with Crippen LogP contribution in [0.2, 0.25) is 0 Å². The predicted octanol–water partition coefficient (Wildman–Crippen LogP) is -0.0809. The van der Waals surface area contributed by atoms with Crippen LogP contribution in [0.15, 0.2) is 0 Å². The number of nitrogens with zero attached hydrogens (tertiary/aromatic N) is 2. The topological polar surface area (TPSA) is 44.8 Å². The van der Waals surface area contributed by atoms with Crippen molar-refractivity contribution in [2.45, 2.75) is 25.3 Å². The van der Waals surface area contributed by atoms with Crippen molar-refractivity contribution in [3.05, 3.63) is 0 Å². The molecule has 1 unspecified atom stereocenters. The highest BCUT2D eigenvalue weighted by Gasteiger charge is 2.33. The normalized spacial score (nSPS) is 34.5. The molecule has 4 aliphatic heterocycles. The van der Waals surface area contributed by atoms with Gasteiger partial charge in [0.2, 0.25) is 5.91 Å². The molecule has 0 spiro atoms. The lowest BCUT2D eigenvalue weighted by Crippen LogP contribution is -2.56. The lowest BCUT2D eigenvalue weighted by Gasteiger charge is -2.45. The van der Waals surface area contributed by atoms with Crippen LogP contribution >= 0.6 is 0 Å². The van der Waals surface area contributed by atoms with E-state index in [4.69, 9.17) is 4.74 Å². The van der Waals surface area contributed by atoms with E-state index in [0.29, 0.717) is 25.7 Å². The molecule has 0 aromatic heterocycles. The smallest absolute Gasteiger partial charge is 0.224 e.